The smallest absolute Gasteiger partial charge is 0.227 e. The van der Waals surface area contributed by atoms with Gasteiger partial charge in [0.05, 0.1) is 12.8 Å². The molecular weight excluding hydrogens is 364 g/mol. The fourth-order valence-electron chi connectivity index (χ4n) is 3.52. The number of benzene rings is 1. The van der Waals surface area contributed by atoms with Crippen LogP contribution in [0, 0.1) is 6.92 Å². The van der Waals surface area contributed by atoms with Gasteiger partial charge in [0.25, 0.3) is 0 Å². The first-order chi connectivity index (χ1) is 14.2. The molecule has 0 radical (unpaired) electrons. The number of rotatable bonds is 6. The molecule has 3 heterocycles. The average molecular weight is 390 g/mol. The molecule has 0 aliphatic carbocycles. The van der Waals surface area contributed by atoms with Gasteiger partial charge in [-0.25, -0.2) is 4.98 Å². The third-order valence-electron chi connectivity index (χ3n) is 5.03. The molecule has 0 atom stereocenters. The third kappa shape index (κ3) is 4.56. The van der Waals surface area contributed by atoms with Crippen LogP contribution in [0.2, 0.25) is 0 Å². The number of anilines is 3. The standard InChI is InChI=1S/C22H26N6O/c1-17-14-21(24-16-18-6-5-9-23-15-18)26-22(25-17)28-12-10-27(11-13-28)19-7-3-4-8-20(19)29-2/h3-9,14-15H,10-13,16H2,1-2H3,(H,24,25,26). The summed E-state index contributed by atoms with van der Waals surface area (Å²) in [4.78, 5) is 18.2. The zero-order valence-corrected chi connectivity index (χ0v) is 16.9. The Morgan fingerprint density at radius 3 is 2.55 bits per heavy atom. The van der Waals surface area contributed by atoms with Gasteiger partial charge in [-0.3, -0.25) is 4.98 Å². The number of nitrogens with one attached hydrogen (secondary N) is 1. The largest absolute Gasteiger partial charge is 0.495 e. The van der Waals surface area contributed by atoms with E-state index in [1.54, 1.807) is 13.3 Å². The van der Waals surface area contributed by atoms with Crippen molar-refractivity contribution in [3.8, 4) is 5.75 Å². The van der Waals surface area contributed by atoms with Crippen molar-refractivity contribution < 1.29 is 4.74 Å². The molecule has 7 nitrogen and oxygen atoms in total. The average Bonchev–Trinajstić information content (AvgIpc) is 2.78. The zero-order valence-electron chi connectivity index (χ0n) is 16.9. The van der Waals surface area contributed by atoms with Crippen molar-refractivity contribution in [3.05, 3.63) is 66.1 Å². The predicted octanol–water partition coefficient (Wildman–Crippen LogP) is 3.13. The Bertz CT molecular complexity index is 941. The number of aromatic nitrogens is 3. The van der Waals surface area contributed by atoms with E-state index in [-0.39, 0.29) is 0 Å². The lowest BCUT2D eigenvalue weighted by Crippen LogP contribution is -2.47. The van der Waals surface area contributed by atoms with Crippen molar-refractivity contribution in [2.75, 3.05) is 48.4 Å². The maximum Gasteiger partial charge on any atom is 0.227 e. The highest BCUT2D eigenvalue weighted by Crippen LogP contribution is 2.29. The summed E-state index contributed by atoms with van der Waals surface area (Å²) < 4.78 is 5.51. The molecule has 0 amide bonds. The summed E-state index contributed by atoms with van der Waals surface area (Å²) in [5, 5.41) is 3.39. The lowest BCUT2D eigenvalue weighted by Gasteiger charge is -2.36. The molecule has 2 aromatic heterocycles. The molecule has 0 saturated carbocycles. The molecule has 150 valence electrons. The van der Waals surface area contributed by atoms with E-state index in [4.69, 9.17) is 9.72 Å². The summed E-state index contributed by atoms with van der Waals surface area (Å²) >= 11 is 0. The summed E-state index contributed by atoms with van der Waals surface area (Å²) in [6.45, 7) is 6.22. The summed E-state index contributed by atoms with van der Waals surface area (Å²) in [6, 6.07) is 14.1. The SMILES string of the molecule is COc1ccccc1N1CCN(c2nc(C)cc(NCc3cccnc3)n2)CC1. The molecule has 0 spiro atoms. The fraction of sp³-hybridized carbons (Fsp3) is 0.318. The lowest BCUT2D eigenvalue weighted by atomic mass is 10.2. The van der Waals surface area contributed by atoms with Gasteiger partial charge in [0.2, 0.25) is 5.95 Å². The summed E-state index contributed by atoms with van der Waals surface area (Å²) in [5.74, 6) is 2.52. The van der Waals surface area contributed by atoms with E-state index in [0.717, 1.165) is 60.6 Å². The van der Waals surface area contributed by atoms with Crippen LogP contribution in [0.15, 0.2) is 54.9 Å². The summed E-state index contributed by atoms with van der Waals surface area (Å²) in [6.07, 6.45) is 3.64. The number of methoxy groups -OCH3 is 1. The van der Waals surface area contributed by atoms with Crippen molar-refractivity contribution >= 4 is 17.5 Å². The number of nitrogens with zero attached hydrogens (tertiary/aromatic N) is 5. The summed E-state index contributed by atoms with van der Waals surface area (Å²) in [5.41, 5.74) is 3.21. The minimum atomic E-state index is 0.686. The number of aryl methyl sites for hydroxylation is 1. The van der Waals surface area contributed by atoms with E-state index in [1.807, 2.05) is 49.5 Å². The molecule has 3 aromatic rings. The van der Waals surface area contributed by atoms with E-state index in [2.05, 4.69) is 31.2 Å². The summed E-state index contributed by atoms with van der Waals surface area (Å²) in [7, 11) is 1.72. The van der Waals surface area contributed by atoms with Crippen LogP contribution in [0.1, 0.15) is 11.3 Å². The lowest BCUT2D eigenvalue weighted by molar-refractivity contribution is 0.413. The van der Waals surface area contributed by atoms with Crippen LogP contribution in [0.25, 0.3) is 0 Å². The van der Waals surface area contributed by atoms with Gasteiger partial charge < -0.3 is 19.9 Å². The zero-order chi connectivity index (χ0) is 20.1. The van der Waals surface area contributed by atoms with E-state index in [0.29, 0.717) is 6.54 Å². The number of pyridine rings is 1. The van der Waals surface area contributed by atoms with Crippen molar-refractivity contribution in [1.82, 2.24) is 15.0 Å². The van der Waals surface area contributed by atoms with Crippen LogP contribution in [0.3, 0.4) is 0 Å². The van der Waals surface area contributed by atoms with E-state index in [9.17, 15) is 0 Å². The second-order valence-electron chi connectivity index (χ2n) is 7.06. The normalized spacial score (nSPS) is 14.0. The van der Waals surface area contributed by atoms with Gasteiger partial charge in [-0.1, -0.05) is 18.2 Å². The maximum atomic E-state index is 5.51. The Kier molecular flexibility index (Phi) is 5.74. The topological polar surface area (TPSA) is 66.4 Å². The number of para-hydroxylation sites is 2. The Morgan fingerprint density at radius 1 is 1.00 bits per heavy atom. The van der Waals surface area contributed by atoms with Gasteiger partial charge in [0.1, 0.15) is 11.6 Å². The molecule has 1 fully saturated rings. The highest BCUT2D eigenvalue weighted by atomic mass is 16.5. The van der Waals surface area contributed by atoms with Gasteiger partial charge in [-0.2, -0.15) is 4.98 Å². The Balaban J connectivity index is 1.42. The van der Waals surface area contributed by atoms with Crippen molar-refractivity contribution in [1.29, 1.82) is 0 Å². The first kappa shape index (κ1) is 19.0. The Morgan fingerprint density at radius 2 is 1.79 bits per heavy atom. The molecule has 1 N–H and O–H groups in total. The minimum absolute atomic E-state index is 0.686. The van der Waals surface area contributed by atoms with Crippen LogP contribution in [-0.4, -0.2) is 48.2 Å². The molecular formula is C22H26N6O. The second kappa shape index (κ2) is 8.77. The number of piperazine rings is 1. The van der Waals surface area contributed by atoms with E-state index in [1.165, 1.54) is 0 Å². The first-order valence-electron chi connectivity index (χ1n) is 9.84. The molecule has 7 heteroatoms. The molecule has 4 rings (SSSR count). The van der Waals surface area contributed by atoms with Gasteiger partial charge in [0.15, 0.2) is 0 Å². The van der Waals surface area contributed by atoms with Crippen molar-refractivity contribution in [3.63, 3.8) is 0 Å². The molecule has 1 aromatic carbocycles. The van der Waals surface area contributed by atoms with Gasteiger partial charge >= 0.3 is 0 Å². The van der Waals surface area contributed by atoms with E-state index >= 15 is 0 Å². The van der Waals surface area contributed by atoms with Crippen molar-refractivity contribution in [2.45, 2.75) is 13.5 Å². The molecule has 1 saturated heterocycles. The fourth-order valence-corrected chi connectivity index (χ4v) is 3.52. The number of hydrogen-bond acceptors (Lipinski definition) is 7. The molecule has 1 aliphatic heterocycles. The van der Waals surface area contributed by atoms with Crippen LogP contribution >= 0.6 is 0 Å². The molecule has 0 bridgehead atoms. The quantitative estimate of drug-likeness (QED) is 0.694. The van der Waals surface area contributed by atoms with Gasteiger partial charge in [-0.15, -0.1) is 0 Å². The maximum absolute atomic E-state index is 5.51. The van der Waals surface area contributed by atoms with Gasteiger partial charge in [0, 0.05) is 56.9 Å². The Hall–Kier alpha value is -3.35. The molecule has 0 unspecified atom stereocenters. The van der Waals surface area contributed by atoms with Crippen molar-refractivity contribution in [2.24, 2.45) is 0 Å². The van der Waals surface area contributed by atoms with Crippen LogP contribution < -0.4 is 19.9 Å². The molecule has 1 aliphatic rings. The third-order valence-corrected chi connectivity index (χ3v) is 5.03. The van der Waals surface area contributed by atoms with Gasteiger partial charge in [-0.05, 0) is 30.7 Å². The van der Waals surface area contributed by atoms with Crippen LogP contribution in [0.4, 0.5) is 17.5 Å². The predicted molar refractivity (Wildman–Crippen MR) is 116 cm³/mol. The van der Waals surface area contributed by atoms with Crippen LogP contribution in [-0.2, 0) is 6.54 Å². The Labute approximate surface area is 171 Å². The molecule has 29 heavy (non-hydrogen) atoms. The number of hydrogen-bond donors (Lipinski definition) is 1. The second-order valence-corrected chi connectivity index (χ2v) is 7.06. The highest BCUT2D eigenvalue weighted by Gasteiger charge is 2.21. The highest BCUT2D eigenvalue weighted by molar-refractivity contribution is 5.59. The van der Waals surface area contributed by atoms with Crippen LogP contribution in [0.5, 0.6) is 5.75 Å². The van der Waals surface area contributed by atoms with E-state index < -0.39 is 0 Å². The first-order valence-corrected chi connectivity index (χ1v) is 9.84. The minimum Gasteiger partial charge on any atom is -0.495 e. The number of ether oxygens (including phenoxy) is 1. The monoisotopic (exact) mass is 390 g/mol.